The van der Waals surface area contributed by atoms with Gasteiger partial charge in [0.2, 0.25) is 0 Å². The van der Waals surface area contributed by atoms with Gasteiger partial charge in [-0.25, -0.2) is 0 Å². The third kappa shape index (κ3) is 5.59. The lowest BCUT2D eigenvalue weighted by atomic mass is 9.47. The molecule has 3 fully saturated rings. The number of benzene rings is 2. The van der Waals surface area contributed by atoms with E-state index >= 15 is 0 Å². The van der Waals surface area contributed by atoms with Gasteiger partial charge in [0.05, 0.1) is 6.10 Å². The van der Waals surface area contributed by atoms with Crippen LogP contribution in [0.3, 0.4) is 0 Å². The normalized spacial score (nSPS) is 34.3. The van der Waals surface area contributed by atoms with Crippen LogP contribution < -0.4 is 0 Å². The molecule has 0 aliphatic heterocycles. The van der Waals surface area contributed by atoms with E-state index in [1.807, 2.05) is 54.6 Å². The van der Waals surface area contributed by atoms with E-state index in [9.17, 15) is 9.90 Å². The number of rotatable bonds is 3. The van der Waals surface area contributed by atoms with E-state index in [0.717, 1.165) is 48.6 Å². The van der Waals surface area contributed by atoms with Gasteiger partial charge in [0.1, 0.15) is 4.84 Å². The molecule has 1 N–H and O–H groups in total. The highest BCUT2D eigenvalue weighted by atomic mass is 35.5. The highest BCUT2D eigenvalue weighted by Crippen LogP contribution is 2.65. The van der Waals surface area contributed by atoms with Gasteiger partial charge in [0, 0.05) is 22.4 Å². The second kappa shape index (κ2) is 11.7. The molecule has 0 heterocycles. The van der Waals surface area contributed by atoms with Crippen LogP contribution in [0.15, 0.2) is 60.2 Å². The Kier molecular flexibility index (Phi) is 8.83. The number of aliphatic hydroxyl groups excluding tert-OH is 1. The van der Waals surface area contributed by atoms with Crippen LogP contribution in [0.25, 0.3) is 0 Å². The van der Waals surface area contributed by atoms with Crippen molar-refractivity contribution in [2.75, 3.05) is 0 Å². The van der Waals surface area contributed by atoms with Crippen LogP contribution in [-0.2, 0) is 4.79 Å². The van der Waals surface area contributed by atoms with E-state index in [0.29, 0.717) is 21.7 Å². The largest absolute Gasteiger partial charge is 0.393 e. The van der Waals surface area contributed by atoms with Crippen molar-refractivity contribution in [3.63, 3.8) is 0 Å². The number of allylic oxidation sites excluding steroid dienone is 1. The van der Waals surface area contributed by atoms with Crippen molar-refractivity contribution in [2.45, 2.75) is 82.1 Å². The van der Waals surface area contributed by atoms with Gasteiger partial charge in [-0.2, -0.15) is 0 Å². The minimum atomic E-state index is -0.578. The van der Waals surface area contributed by atoms with Gasteiger partial charge in [0.25, 0.3) is 0 Å². The molecular weight excluding hydrogens is 570 g/mol. The molecular formula is C33H38Cl4O2. The Bertz CT molecular complexity index is 1220. The Labute approximate surface area is 253 Å². The van der Waals surface area contributed by atoms with Crippen LogP contribution in [0.2, 0.25) is 10.0 Å². The summed E-state index contributed by atoms with van der Waals surface area (Å²) in [7, 11) is 0. The average molecular weight is 608 g/mol. The number of fused-ring (bicyclic) bond motifs is 5. The first kappa shape index (κ1) is 29.5. The first-order chi connectivity index (χ1) is 18.5. The summed E-state index contributed by atoms with van der Waals surface area (Å²) in [4.78, 5) is 11.2. The monoisotopic (exact) mass is 606 g/mol. The lowest BCUT2D eigenvalue weighted by Gasteiger charge is -2.57. The fraction of sp³-hybridized carbons (Fsp3) is 0.545. The second-order valence-electron chi connectivity index (χ2n) is 12.5. The van der Waals surface area contributed by atoms with E-state index in [1.165, 1.54) is 31.3 Å². The minimum absolute atomic E-state index is 0.0823. The standard InChI is InChI=1S/C19H28O2.C14H10Cl4/c1-18-9-7-13(20)11-12(18)3-4-14-15-5-6-17(21)19(15,2)10-8-16(14)18;15-10-7-5-9(6-8-10)13(14(17)18)11-3-1-2-4-12(11)16/h11,14-17,21H,3-10H2,1-2H3;1-8,13-14H/t14-,15-,16-,17-,18-,19-;/m0./s1. The lowest BCUT2D eigenvalue weighted by Crippen LogP contribution is -2.51. The van der Waals surface area contributed by atoms with Crippen LogP contribution in [0.1, 0.15) is 82.3 Å². The van der Waals surface area contributed by atoms with E-state index in [1.54, 1.807) is 0 Å². The van der Waals surface area contributed by atoms with E-state index in [-0.39, 0.29) is 22.9 Å². The maximum absolute atomic E-state index is 11.8. The molecule has 3 saturated carbocycles. The Morgan fingerprint density at radius 3 is 2.28 bits per heavy atom. The quantitative estimate of drug-likeness (QED) is 0.353. The summed E-state index contributed by atoms with van der Waals surface area (Å²) in [6.07, 6.45) is 10.7. The highest BCUT2D eigenvalue weighted by Gasteiger charge is 2.58. The summed E-state index contributed by atoms with van der Waals surface area (Å²) in [5.74, 6) is 2.41. The summed E-state index contributed by atoms with van der Waals surface area (Å²) in [6, 6.07) is 15.0. The van der Waals surface area contributed by atoms with Crippen molar-refractivity contribution in [1.29, 1.82) is 0 Å². The van der Waals surface area contributed by atoms with Crippen LogP contribution >= 0.6 is 46.4 Å². The third-order valence-corrected chi connectivity index (χ3v) is 11.7. The van der Waals surface area contributed by atoms with Gasteiger partial charge < -0.3 is 5.11 Å². The van der Waals surface area contributed by atoms with E-state index in [2.05, 4.69) is 13.8 Å². The van der Waals surface area contributed by atoms with Gasteiger partial charge in [-0.15, -0.1) is 23.2 Å². The molecule has 2 aromatic carbocycles. The second-order valence-corrected chi connectivity index (χ2v) is 14.5. The highest BCUT2D eigenvalue weighted by molar-refractivity contribution is 6.45. The summed E-state index contributed by atoms with van der Waals surface area (Å²) in [5.41, 5.74) is 3.79. The number of carbonyl (C=O) groups excluding carboxylic acids is 1. The Balaban J connectivity index is 0.000000160. The van der Waals surface area contributed by atoms with Gasteiger partial charge in [-0.1, -0.05) is 73.0 Å². The molecule has 1 unspecified atom stereocenters. The molecule has 4 aliphatic rings. The summed E-state index contributed by atoms with van der Waals surface area (Å²) in [5, 5.41) is 11.8. The molecule has 0 aromatic heterocycles. The molecule has 0 saturated heterocycles. The van der Waals surface area contributed by atoms with Crippen molar-refractivity contribution in [3.05, 3.63) is 81.4 Å². The zero-order valence-electron chi connectivity index (χ0n) is 22.7. The molecule has 39 heavy (non-hydrogen) atoms. The van der Waals surface area contributed by atoms with Gasteiger partial charge in [-0.3, -0.25) is 4.79 Å². The summed E-state index contributed by atoms with van der Waals surface area (Å²) in [6.45, 7) is 4.76. The number of carbonyl (C=O) groups is 1. The third-order valence-electron chi connectivity index (χ3n) is 10.6. The number of ketones is 1. The topological polar surface area (TPSA) is 37.3 Å². The SMILES string of the molecule is C[C@]12CC[C@H]3[C@@H](CCC4=CC(=O)CC[C@@]43C)[C@@H]1CC[C@@H]2O.Clc1ccc(C(c2ccccc2Cl)C(Cl)Cl)cc1. The molecule has 6 heteroatoms. The molecule has 7 atom stereocenters. The maximum Gasteiger partial charge on any atom is 0.155 e. The molecule has 0 spiro atoms. The molecule has 4 aliphatic carbocycles. The van der Waals surface area contributed by atoms with E-state index in [4.69, 9.17) is 46.4 Å². The number of halogens is 4. The molecule has 0 bridgehead atoms. The maximum atomic E-state index is 11.8. The fourth-order valence-electron chi connectivity index (χ4n) is 8.39. The number of hydrogen-bond donors (Lipinski definition) is 1. The summed E-state index contributed by atoms with van der Waals surface area (Å²) < 4.78 is 0. The molecule has 0 amide bonds. The molecule has 210 valence electrons. The summed E-state index contributed by atoms with van der Waals surface area (Å²) >= 11 is 24.3. The predicted molar refractivity (Wildman–Crippen MR) is 163 cm³/mol. The smallest absolute Gasteiger partial charge is 0.155 e. The minimum Gasteiger partial charge on any atom is -0.393 e. The number of alkyl halides is 2. The molecule has 0 radical (unpaired) electrons. The zero-order valence-corrected chi connectivity index (χ0v) is 25.7. The van der Waals surface area contributed by atoms with Crippen molar-refractivity contribution in [1.82, 2.24) is 0 Å². The first-order valence-electron chi connectivity index (χ1n) is 14.2. The zero-order chi connectivity index (χ0) is 27.9. The van der Waals surface area contributed by atoms with Gasteiger partial charge >= 0.3 is 0 Å². The van der Waals surface area contributed by atoms with Gasteiger partial charge in [-0.05, 0) is 109 Å². The van der Waals surface area contributed by atoms with Crippen molar-refractivity contribution in [2.24, 2.45) is 28.6 Å². The number of aliphatic hydroxyl groups is 1. The average Bonchev–Trinajstić information content (AvgIpc) is 3.21. The van der Waals surface area contributed by atoms with Crippen molar-refractivity contribution in [3.8, 4) is 0 Å². The van der Waals surface area contributed by atoms with Crippen LogP contribution in [-0.4, -0.2) is 21.8 Å². The Morgan fingerprint density at radius 1 is 0.872 bits per heavy atom. The molecule has 2 nitrogen and oxygen atoms in total. The van der Waals surface area contributed by atoms with Crippen LogP contribution in [0.4, 0.5) is 0 Å². The molecule has 6 rings (SSSR count). The number of hydrogen-bond acceptors (Lipinski definition) is 2. The van der Waals surface area contributed by atoms with E-state index < -0.39 is 4.84 Å². The van der Waals surface area contributed by atoms with Gasteiger partial charge in [0.15, 0.2) is 5.78 Å². The molecule has 2 aromatic rings. The van der Waals surface area contributed by atoms with Crippen LogP contribution in [0, 0.1) is 28.6 Å². The Morgan fingerprint density at radius 2 is 1.59 bits per heavy atom. The van der Waals surface area contributed by atoms with Crippen LogP contribution in [0.5, 0.6) is 0 Å². The lowest BCUT2D eigenvalue weighted by molar-refractivity contribution is -0.118. The van der Waals surface area contributed by atoms with Crippen molar-refractivity contribution < 1.29 is 9.90 Å². The Hall–Kier alpha value is -1.03. The fourth-order valence-corrected chi connectivity index (χ4v) is 9.33. The predicted octanol–water partition coefficient (Wildman–Crippen LogP) is 9.81. The van der Waals surface area contributed by atoms with Crippen molar-refractivity contribution >= 4 is 52.2 Å². The first-order valence-corrected chi connectivity index (χ1v) is 15.9.